The predicted octanol–water partition coefficient (Wildman–Crippen LogP) is 6.52. The summed E-state index contributed by atoms with van der Waals surface area (Å²) in [5.74, 6) is 0. The number of nitrogens with zero attached hydrogens (tertiary/aromatic N) is 5. The van der Waals surface area contributed by atoms with Crippen molar-refractivity contribution in [3.63, 3.8) is 0 Å². The highest BCUT2D eigenvalue weighted by Crippen LogP contribution is 2.27. The Hall–Kier alpha value is -2.21. The van der Waals surface area contributed by atoms with Crippen LogP contribution in [0, 0.1) is 0 Å². The number of nitrogens with one attached hydrogen (secondary N) is 1. The lowest BCUT2D eigenvalue weighted by Crippen LogP contribution is -2.11. The molecule has 0 aliphatic rings. The van der Waals surface area contributed by atoms with Crippen LogP contribution in [0.3, 0.4) is 0 Å². The molecule has 0 saturated heterocycles. The zero-order valence-electron chi connectivity index (χ0n) is 18.1. The fraction of sp³-hybridized carbons (Fsp3) is 0.0476. The molecule has 0 unspecified atom stereocenters. The Labute approximate surface area is 247 Å². The fourth-order valence-electron chi connectivity index (χ4n) is 2.81. The van der Waals surface area contributed by atoms with E-state index in [1.54, 1.807) is 53.5 Å². The van der Waals surface area contributed by atoms with E-state index < -0.39 is 19.1 Å². The molecule has 0 bridgehead atoms. The number of fused-ring (bicyclic) bond motifs is 2. The Morgan fingerprint density at radius 1 is 0.816 bits per heavy atom. The van der Waals surface area contributed by atoms with Crippen LogP contribution in [0.1, 0.15) is 7.43 Å². The van der Waals surface area contributed by atoms with Crippen molar-refractivity contribution < 1.29 is 16.8 Å². The Morgan fingerprint density at radius 3 is 1.97 bits per heavy atom. The lowest BCUT2D eigenvalue weighted by Gasteiger charge is -2.04. The third-order valence-corrected chi connectivity index (χ3v) is 11.5. The Bertz CT molecular complexity index is 1820. The molecule has 0 aromatic carbocycles. The van der Waals surface area contributed by atoms with Gasteiger partial charge in [-0.05, 0) is 79.0 Å². The van der Waals surface area contributed by atoms with E-state index in [9.17, 15) is 16.8 Å². The zero-order chi connectivity index (χ0) is 26.6. The topological polar surface area (TPSA) is 141 Å². The number of thiophene rings is 2. The van der Waals surface area contributed by atoms with Crippen LogP contribution in [0.15, 0.2) is 89.6 Å². The van der Waals surface area contributed by atoms with Crippen molar-refractivity contribution in [2.45, 2.75) is 15.8 Å². The molecule has 1 N–H and O–H groups in total. The number of aromatic amines is 1. The average Bonchev–Trinajstić information content (AvgIpc) is 3.65. The molecular formula is C21H17Br2ClN6O4S4. The molecule has 0 saturated carbocycles. The third-order valence-electron chi connectivity index (χ3n) is 4.30. The van der Waals surface area contributed by atoms with Crippen LogP contribution in [-0.4, -0.2) is 45.7 Å². The van der Waals surface area contributed by atoms with E-state index in [4.69, 9.17) is 10.7 Å². The van der Waals surface area contributed by atoms with Crippen LogP contribution < -0.4 is 0 Å². The minimum atomic E-state index is -3.62. The highest BCUT2D eigenvalue weighted by Gasteiger charge is 2.24. The highest BCUT2D eigenvalue weighted by atomic mass is 79.9. The summed E-state index contributed by atoms with van der Waals surface area (Å²) in [7, 11) is -2.11. The largest absolute Gasteiger partial charge is 0.331 e. The number of rotatable bonds is 3. The first-order valence-corrected chi connectivity index (χ1v) is 16.9. The van der Waals surface area contributed by atoms with Gasteiger partial charge in [0.1, 0.15) is 13.9 Å². The van der Waals surface area contributed by atoms with Crippen molar-refractivity contribution in [1.82, 2.24) is 28.9 Å². The molecule has 38 heavy (non-hydrogen) atoms. The van der Waals surface area contributed by atoms with Crippen LogP contribution in [0.5, 0.6) is 0 Å². The highest BCUT2D eigenvalue weighted by molar-refractivity contribution is 9.10. The van der Waals surface area contributed by atoms with Gasteiger partial charge in [0.15, 0.2) is 20.8 Å². The maximum absolute atomic E-state index is 12.5. The van der Waals surface area contributed by atoms with Crippen LogP contribution in [-0.2, 0) is 19.1 Å². The number of aromatic nitrogens is 6. The first kappa shape index (κ1) is 30.3. The van der Waals surface area contributed by atoms with E-state index in [1.165, 1.54) is 17.4 Å². The van der Waals surface area contributed by atoms with E-state index in [0.29, 0.717) is 11.2 Å². The van der Waals surface area contributed by atoms with E-state index in [0.717, 1.165) is 31.2 Å². The molecule has 6 rings (SSSR count). The summed E-state index contributed by atoms with van der Waals surface area (Å²) in [6.45, 7) is 0. The summed E-state index contributed by atoms with van der Waals surface area (Å²) in [6, 6.07) is 13.5. The van der Waals surface area contributed by atoms with E-state index >= 15 is 0 Å². The first-order valence-electron chi connectivity index (χ1n) is 9.80. The summed E-state index contributed by atoms with van der Waals surface area (Å²) < 4.78 is 48.4. The summed E-state index contributed by atoms with van der Waals surface area (Å²) in [4.78, 5) is 19.2. The van der Waals surface area contributed by atoms with Gasteiger partial charge in [-0.1, -0.05) is 19.6 Å². The Balaban J connectivity index is 0.000000170. The molecule has 6 aromatic rings. The van der Waals surface area contributed by atoms with E-state index in [2.05, 4.69) is 56.8 Å². The van der Waals surface area contributed by atoms with Gasteiger partial charge in [-0.25, -0.2) is 32.3 Å². The molecule has 17 heteroatoms. The third kappa shape index (κ3) is 7.05. The molecule has 0 amide bonds. The van der Waals surface area contributed by atoms with Gasteiger partial charge in [0.2, 0.25) is 0 Å². The Kier molecular flexibility index (Phi) is 10.2. The zero-order valence-corrected chi connectivity index (χ0v) is 25.3. The van der Waals surface area contributed by atoms with Crippen molar-refractivity contribution >= 4 is 107 Å². The van der Waals surface area contributed by atoms with Crippen molar-refractivity contribution in [3.05, 3.63) is 81.2 Å². The smallest absolute Gasteiger partial charge is 0.279 e. The molecule has 0 fully saturated rings. The number of halogens is 3. The standard InChI is InChI=1S/C10H6BrN3O2S2.C6H4BrN3.C4H3ClO2S2.CH4/c11-10-13-9-7(3-1-5-12-9)14(10)18(15,16)8-4-2-6-17-8;7-6-9-4-2-1-3-8-5(4)10-6;5-9(6,7)4-2-1-3-8-4;/h1-6H;1-3H,(H,8,9,10);1-3H;1H4. The van der Waals surface area contributed by atoms with Crippen molar-refractivity contribution in [2.24, 2.45) is 0 Å². The lowest BCUT2D eigenvalue weighted by molar-refractivity contribution is 0.589. The second-order valence-corrected chi connectivity index (χ2v) is 14.9. The summed E-state index contributed by atoms with van der Waals surface area (Å²) in [5.41, 5.74) is 2.55. The summed E-state index contributed by atoms with van der Waals surface area (Å²) >= 11 is 8.66. The van der Waals surface area contributed by atoms with E-state index in [1.807, 2.05) is 12.1 Å². The second-order valence-electron chi connectivity index (χ2n) is 6.70. The summed E-state index contributed by atoms with van der Waals surface area (Å²) in [5, 5.41) is 3.38. The molecule has 0 aliphatic carbocycles. The molecule has 0 atom stereocenters. The minimum Gasteiger partial charge on any atom is -0.331 e. The van der Waals surface area contributed by atoms with Gasteiger partial charge in [-0.15, -0.1) is 22.7 Å². The van der Waals surface area contributed by atoms with Gasteiger partial charge in [-0.2, -0.15) is 8.42 Å². The van der Waals surface area contributed by atoms with Gasteiger partial charge in [0.25, 0.3) is 19.1 Å². The first-order chi connectivity index (χ1) is 17.6. The number of pyridine rings is 2. The SMILES string of the molecule is Brc1nc2ncccc2[nH]1.C.O=S(=O)(Cl)c1cccs1.O=S(=O)(c1cccs1)n1c(Br)nc2ncccc21. The quantitative estimate of drug-likeness (QED) is 0.202. The molecule has 10 nitrogen and oxygen atoms in total. The molecule has 0 spiro atoms. The maximum Gasteiger partial charge on any atom is 0.279 e. The minimum absolute atomic E-state index is 0. The van der Waals surface area contributed by atoms with Crippen LogP contribution in [0.4, 0.5) is 0 Å². The number of H-pyrrole nitrogens is 1. The molecule has 0 radical (unpaired) electrons. The van der Waals surface area contributed by atoms with Gasteiger partial charge in [0, 0.05) is 23.1 Å². The van der Waals surface area contributed by atoms with Crippen molar-refractivity contribution in [3.8, 4) is 0 Å². The molecule has 200 valence electrons. The number of hydrogen-bond donors (Lipinski definition) is 1. The maximum atomic E-state index is 12.5. The van der Waals surface area contributed by atoms with Crippen LogP contribution in [0.2, 0.25) is 0 Å². The van der Waals surface area contributed by atoms with Crippen LogP contribution >= 0.6 is 65.2 Å². The summed E-state index contributed by atoms with van der Waals surface area (Å²) in [6.07, 6.45) is 3.29. The molecular weight excluding hydrogens is 724 g/mol. The van der Waals surface area contributed by atoms with Crippen molar-refractivity contribution in [2.75, 3.05) is 0 Å². The van der Waals surface area contributed by atoms with Gasteiger partial charge in [-0.3, -0.25) is 0 Å². The number of imidazole rings is 2. The normalized spacial score (nSPS) is 11.2. The van der Waals surface area contributed by atoms with Gasteiger partial charge < -0.3 is 4.98 Å². The van der Waals surface area contributed by atoms with Crippen LogP contribution in [0.25, 0.3) is 22.3 Å². The molecule has 6 heterocycles. The average molecular weight is 741 g/mol. The second kappa shape index (κ2) is 12.8. The van der Waals surface area contributed by atoms with Gasteiger partial charge in [0.05, 0.1) is 5.52 Å². The monoisotopic (exact) mass is 738 g/mol. The lowest BCUT2D eigenvalue weighted by atomic mass is 10.4. The van der Waals surface area contributed by atoms with E-state index in [-0.39, 0.29) is 20.6 Å². The van der Waals surface area contributed by atoms with Crippen molar-refractivity contribution in [1.29, 1.82) is 0 Å². The fourth-order valence-corrected chi connectivity index (χ4v) is 8.32. The Morgan fingerprint density at radius 2 is 1.42 bits per heavy atom. The number of hydrogen-bond acceptors (Lipinski definition) is 10. The predicted molar refractivity (Wildman–Crippen MR) is 158 cm³/mol. The molecule has 6 aromatic heterocycles. The van der Waals surface area contributed by atoms with Gasteiger partial charge >= 0.3 is 0 Å². The molecule has 0 aliphatic heterocycles.